The average Bonchev–Trinajstić information content (AvgIpc) is 2.53. The van der Waals surface area contributed by atoms with Gasteiger partial charge in [-0.1, -0.05) is 22.0 Å². The maximum atomic E-state index is 11.9. The lowest BCUT2D eigenvalue weighted by Gasteiger charge is -2.12. The molecule has 1 amide bonds. The minimum absolute atomic E-state index is 0.0915. The minimum Gasteiger partial charge on any atom is -0.385 e. The largest absolute Gasteiger partial charge is 0.385 e. The van der Waals surface area contributed by atoms with Crippen LogP contribution in [0.15, 0.2) is 33.7 Å². The number of rotatable bonds is 8. The van der Waals surface area contributed by atoms with Crippen molar-refractivity contribution in [3.8, 4) is 0 Å². The fourth-order valence-corrected chi connectivity index (χ4v) is 2.13. The Hall–Kier alpha value is -1.60. The Morgan fingerprint density at radius 3 is 2.64 bits per heavy atom. The molecule has 0 heterocycles. The zero-order valence-corrected chi connectivity index (χ0v) is 14.6. The molecule has 0 spiro atoms. The van der Waals surface area contributed by atoms with Gasteiger partial charge in [0.05, 0.1) is 0 Å². The number of halogens is 1. The molecule has 0 aliphatic heterocycles. The first-order valence-electron chi connectivity index (χ1n) is 7.14. The molecule has 3 N–H and O–H groups in total. The minimum atomic E-state index is -0.0915. The van der Waals surface area contributed by atoms with Crippen molar-refractivity contribution < 1.29 is 9.53 Å². The van der Waals surface area contributed by atoms with E-state index in [4.69, 9.17) is 4.74 Å². The Labute approximate surface area is 139 Å². The quantitative estimate of drug-likeness (QED) is 0.367. The van der Waals surface area contributed by atoms with Gasteiger partial charge < -0.3 is 20.7 Å². The number of amides is 1. The molecule has 22 heavy (non-hydrogen) atoms. The van der Waals surface area contributed by atoms with E-state index in [1.807, 2.05) is 12.1 Å². The molecule has 0 saturated heterocycles. The topological polar surface area (TPSA) is 74.8 Å². The highest BCUT2D eigenvalue weighted by atomic mass is 79.9. The second kappa shape index (κ2) is 11.0. The van der Waals surface area contributed by atoms with Crippen LogP contribution in [-0.4, -0.2) is 52.3 Å². The van der Waals surface area contributed by atoms with Crippen LogP contribution in [0.5, 0.6) is 0 Å². The van der Waals surface area contributed by atoms with Crippen molar-refractivity contribution in [1.82, 2.24) is 16.0 Å². The third-order valence-electron chi connectivity index (χ3n) is 2.83. The summed E-state index contributed by atoms with van der Waals surface area (Å²) in [5.41, 5.74) is 0.636. The summed E-state index contributed by atoms with van der Waals surface area (Å²) in [5.74, 6) is 0.624. The highest BCUT2D eigenvalue weighted by molar-refractivity contribution is 9.10. The van der Waals surface area contributed by atoms with Crippen molar-refractivity contribution in [1.29, 1.82) is 0 Å². The molecule has 0 bridgehead atoms. The van der Waals surface area contributed by atoms with Gasteiger partial charge in [0, 0.05) is 50.4 Å². The van der Waals surface area contributed by atoms with Crippen LogP contribution in [0.25, 0.3) is 0 Å². The van der Waals surface area contributed by atoms with E-state index in [0.717, 1.165) is 17.4 Å². The van der Waals surface area contributed by atoms with Crippen molar-refractivity contribution in [3.63, 3.8) is 0 Å². The molecule has 0 fully saturated rings. The van der Waals surface area contributed by atoms with Crippen LogP contribution in [0.2, 0.25) is 0 Å². The molecule has 0 saturated carbocycles. The van der Waals surface area contributed by atoms with E-state index in [0.29, 0.717) is 31.2 Å². The monoisotopic (exact) mass is 370 g/mol. The lowest BCUT2D eigenvalue weighted by molar-refractivity contribution is 0.0954. The van der Waals surface area contributed by atoms with Gasteiger partial charge in [0.25, 0.3) is 5.91 Å². The number of aliphatic imine (C=N–C) groups is 1. The molecular weight excluding hydrogens is 348 g/mol. The first-order valence-corrected chi connectivity index (χ1v) is 7.94. The third kappa shape index (κ3) is 7.42. The van der Waals surface area contributed by atoms with Gasteiger partial charge in [-0.3, -0.25) is 9.79 Å². The summed E-state index contributed by atoms with van der Waals surface area (Å²) in [7, 11) is 3.40. The highest BCUT2D eigenvalue weighted by Gasteiger charge is 2.04. The van der Waals surface area contributed by atoms with Gasteiger partial charge in [0.2, 0.25) is 0 Å². The van der Waals surface area contributed by atoms with Crippen LogP contribution in [0.4, 0.5) is 0 Å². The number of nitrogens with zero attached hydrogens (tertiary/aromatic N) is 1. The fraction of sp³-hybridized carbons (Fsp3) is 0.467. The molecule has 6 nitrogen and oxygen atoms in total. The van der Waals surface area contributed by atoms with Gasteiger partial charge in [0.15, 0.2) is 5.96 Å². The van der Waals surface area contributed by atoms with Crippen molar-refractivity contribution in [2.24, 2.45) is 4.99 Å². The number of nitrogens with one attached hydrogen (secondary N) is 3. The molecule has 0 aliphatic rings. The molecule has 1 rings (SSSR count). The number of guanidine groups is 1. The number of ether oxygens (including phenoxy) is 1. The number of benzene rings is 1. The second-order valence-electron chi connectivity index (χ2n) is 4.54. The van der Waals surface area contributed by atoms with Crippen molar-refractivity contribution >= 4 is 27.8 Å². The van der Waals surface area contributed by atoms with Crippen molar-refractivity contribution in [2.75, 3.05) is 40.4 Å². The summed E-state index contributed by atoms with van der Waals surface area (Å²) in [6.07, 6.45) is 0.914. The Morgan fingerprint density at radius 1 is 1.23 bits per heavy atom. The van der Waals surface area contributed by atoms with Gasteiger partial charge in [-0.05, 0) is 24.6 Å². The van der Waals surface area contributed by atoms with Crippen molar-refractivity contribution in [3.05, 3.63) is 34.3 Å². The van der Waals surface area contributed by atoms with Crippen molar-refractivity contribution in [2.45, 2.75) is 6.42 Å². The summed E-state index contributed by atoms with van der Waals surface area (Å²) < 4.78 is 5.87. The number of carbonyl (C=O) groups excluding carboxylic acids is 1. The predicted octanol–water partition coefficient (Wildman–Crippen LogP) is 1.38. The molecule has 0 aromatic heterocycles. The van der Waals surface area contributed by atoms with E-state index < -0.39 is 0 Å². The standard InChI is InChI=1S/C15H23BrN4O2/c1-17-15(19-7-4-10-22-2)20-9-8-18-14(21)12-5-3-6-13(16)11-12/h3,5-6,11H,4,7-10H2,1-2H3,(H,18,21)(H2,17,19,20). The van der Waals surface area contributed by atoms with Crippen LogP contribution in [0, 0.1) is 0 Å². The van der Waals surface area contributed by atoms with Gasteiger partial charge in [0.1, 0.15) is 0 Å². The molecule has 7 heteroatoms. The highest BCUT2D eigenvalue weighted by Crippen LogP contribution is 2.11. The third-order valence-corrected chi connectivity index (χ3v) is 3.32. The summed E-state index contributed by atoms with van der Waals surface area (Å²) in [5, 5.41) is 9.17. The number of hydrogen-bond donors (Lipinski definition) is 3. The number of methoxy groups -OCH3 is 1. The molecule has 0 unspecified atom stereocenters. The SMILES string of the molecule is CN=C(NCCCOC)NCCNC(=O)c1cccc(Br)c1. The number of hydrogen-bond acceptors (Lipinski definition) is 3. The fourth-order valence-electron chi connectivity index (χ4n) is 1.73. The maximum Gasteiger partial charge on any atom is 0.251 e. The number of carbonyl (C=O) groups is 1. The van der Waals surface area contributed by atoms with E-state index in [1.54, 1.807) is 26.3 Å². The zero-order valence-electron chi connectivity index (χ0n) is 13.0. The second-order valence-corrected chi connectivity index (χ2v) is 5.45. The normalized spacial score (nSPS) is 11.1. The first kappa shape index (κ1) is 18.4. The van der Waals surface area contributed by atoms with E-state index in [2.05, 4.69) is 36.9 Å². The molecule has 1 aromatic rings. The molecule has 0 aliphatic carbocycles. The first-order chi connectivity index (χ1) is 10.7. The van der Waals surface area contributed by atoms with Crippen LogP contribution < -0.4 is 16.0 Å². The summed E-state index contributed by atoms with van der Waals surface area (Å²) in [6.45, 7) is 2.62. The maximum absolute atomic E-state index is 11.9. The molecular formula is C15H23BrN4O2. The Morgan fingerprint density at radius 2 is 1.95 bits per heavy atom. The van der Waals surface area contributed by atoms with Gasteiger partial charge in [-0.15, -0.1) is 0 Å². The van der Waals surface area contributed by atoms with Crippen LogP contribution in [0.3, 0.4) is 0 Å². The van der Waals surface area contributed by atoms with E-state index in [-0.39, 0.29) is 5.91 Å². The van der Waals surface area contributed by atoms with Gasteiger partial charge in [-0.2, -0.15) is 0 Å². The van der Waals surface area contributed by atoms with E-state index in [1.165, 1.54) is 0 Å². The average molecular weight is 371 g/mol. The molecule has 1 aromatic carbocycles. The van der Waals surface area contributed by atoms with Gasteiger partial charge in [-0.25, -0.2) is 0 Å². The summed E-state index contributed by atoms with van der Waals surface area (Å²) >= 11 is 3.35. The summed E-state index contributed by atoms with van der Waals surface area (Å²) in [4.78, 5) is 16.0. The van der Waals surface area contributed by atoms with Crippen LogP contribution >= 0.6 is 15.9 Å². The predicted molar refractivity (Wildman–Crippen MR) is 92.3 cm³/mol. The molecule has 0 radical (unpaired) electrons. The van der Waals surface area contributed by atoms with Crippen LogP contribution in [0.1, 0.15) is 16.8 Å². The molecule has 122 valence electrons. The Kier molecular flexibility index (Phi) is 9.25. The van der Waals surface area contributed by atoms with Gasteiger partial charge >= 0.3 is 0 Å². The van der Waals surface area contributed by atoms with E-state index in [9.17, 15) is 4.79 Å². The lowest BCUT2D eigenvalue weighted by atomic mass is 10.2. The smallest absolute Gasteiger partial charge is 0.251 e. The Balaban J connectivity index is 2.22. The lowest BCUT2D eigenvalue weighted by Crippen LogP contribution is -2.42. The van der Waals surface area contributed by atoms with E-state index >= 15 is 0 Å². The zero-order chi connectivity index (χ0) is 16.2. The summed E-state index contributed by atoms with van der Waals surface area (Å²) in [6, 6.07) is 7.30. The van der Waals surface area contributed by atoms with Crippen LogP contribution in [-0.2, 0) is 4.74 Å². The Bertz CT molecular complexity index is 494. The molecule has 0 atom stereocenters.